The first-order valence-electron chi connectivity index (χ1n) is 11.1. The van der Waals surface area contributed by atoms with E-state index in [2.05, 4.69) is 32.0 Å². The number of aromatic nitrogens is 2. The van der Waals surface area contributed by atoms with Crippen LogP contribution < -0.4 is 20.3 Å². The summed E-state index contributed by atoms with van der Waals surface area (Å²) in [6, 6.07) is 17.6. The van der Waals surface area contributed by atoms with Crippen LogP contribution in [0.2, 0.25) is 0 Å². The highest BCUT2D eigenvalue weighted by Crippen LogP contribution is 2.26. The third kappa shape index (κ3) is 5.97. The van der Waals surface area contributed by atoms with Crippen molar-refractivity contribution in [2.24, 2.45) is 5.92 Å². The Morgan fingerprint density at radius 3 is 2.66 bits per heavy atom. The maximum atomic E-state index is 12.3. The number of carbonyl (C=O) groups excluding carboxylic acids is 1. The molecule has 1 aliphatic heterocycles. The molecule has 2 heterocycles. The van der Waals surface area contributed by atoms with Crippen molar-refractivity contribution in [2.75, 3.05) is 36.5 Å². The molecule has 0 unspecified atom stereocenters. The van der Waals surface area contributed by atoms with Crippen LogP contribution >= 0.6 is 11.5 Å². The van der Waals surface area contributed by atoms with Gasteiger partial charge in [0.05, 0.1) is 12.3 Å². The molecule has 0 atom stereocenters. The highest BCUT2D eigenvalue weighted by molar-refractivity contribution is 7.09. The molecule has 32 heavy (non-hydrogen) atoms. The zero-order chi connectivity index (χ0) is 22.2. The van der Waals surface area contributed by atoms with Crippen molar-refractivity contribution in [3.8, 4) is 5.75 Å². The summed E-state index contributed by atoms with van der Waals surface area (Å²) in [6.45, 7) is 5.00. The Bertz CT molecular complexity index is 1000. The molecule has 1 fully saturated rings. The van der Waals surface area contributed by atoms with E-state index in [0.29, 0.717) is 30.5 Å². The fourth-order valence-corrected chi connectivity index (χ4v) is 4.54. The molecule has 0 saturated carbocycles. The van der Waals surface area contributed by atoms with Gasteiger partial charge in [0.1, 0.15) is 11.6 Å². The van der Waals surface area contributed by atoms with E-state index in [0.717, 1.165) is 43.3 Å². The van der Waals surface area contributed by atoms with Gasteiger partial charge in [-0.15, -0.1) is 0 Å². The maximum Gasteiger partial charge on any atom is 0.319 e. The molecule has 2 N–H and O–H groups in total. The summed E-state index contributed by atoms with van der Waals surface area (Å²) in [4.78, 5) is 19.4. The van der Waals surface area contributed by atoms with E-state index in [1.807, 2.05) is 49.4 Å². The van der Waals surface area contributed by atoms with Crippen LogP contribution in [-0.2, 0) is 6.42 Å². The molecule has 0 aliphatic carbocycles. The summed E-state index contributed by atoms with van der Waals surface area (Å²) in [5.41, 5.74) is 1.91. The Morgan fingerprint density at radius 1 is 1.12 bits per heavy atom. The van der Waals surface area contributed by atoms with Gasteiger partial charge in [-0.2, -0.15) is 4.37 Å². The molecular weight excluding hydrogens is 422 g/mol. The van der Waals surface area contributed by atoms with Gasteiger partial charge >= 0.3 is 6.03 Å². The van der Waals surface area contributed by atoms with Crippen LogP contribution in [-0.4, -0.2) is 41.6 Å². The van der Waals surface area contributed by atoms with E-state index in [1.165, 1.54) is 17.1 Å². The molecule has 3 aromatic rings. The SMILES string of the molecule is CCOc1ccccc1NC(=O)NCC1CCN(c2nc(Cc3ccccc3)ns2)CC1. The predicted molar refractivity (Wildman–Crippen MR) is 129 cm³/mol. The Kier molecular flexibility index (Phi) is 7.55. The van der Waals surface area contributed by atoms with Gasteiger partial charge in [0.2, 0.25) is 5.13 Å². The van der Waals surface area contributed by atoms with Gasteiger partial charge in [-0.25, -0.2) is 9.78 Å². The Labute approximate surface area is 193 Å². The standard InChI is InChI=1S/C24H29N5O2S/c1-2-31-21-11-7-6-10-20(21)26-23(30)25-17-19-12-14-29(15-13-19)24-27-22(28-32-24)16-18-8-4-3-5-9-18/h3-11,19H,2,12-17H2,1H3,(H2,25,26,30). The number of carbonyl (C=O) groups is 1. The summed E-state index contributed by atoms with van der Waals surface area (Å²) in [5, 5.41) is 6.89. The summed E-state index contributed by atoms with van der Waals surface area (Å²) >= 11 is 1.47. The molecule has 1 saturated heterocycles. The van der Waals surface area contributed by atoms with Crippen molar-refractivity contribution >= 4 is 28.4 Å². The number of rotatable bonds is 8. The monoisotopic (exact) mass is 451 g/mol. The van der Waals surface area contributed by atoms with E-state index in [4.69, 9.17) is 9.72 Å². The number of amides is 2. The molecule has 0 bridgehead atoms. The number of anilines is 2. The van der Waals surface area contributed by atoms with E-state index in [-0.39, 0.29) is 6.03 Å². The van der Waals surface area contributed by atoms with Crippen LogP contribution in [0.1, 0.15) is 31.2 Å². The summed E-state index contributed by atoms with van der Waals surface area (Å²) < 4.78 is 10.1. The lowest BCUT2D eigenvalue weighted by Gasteiger charge is -2.31. The highest BCUT2D eigenvalue weighted by Gasteiger charge is 2.22. The quantitative estimate of drug-likeness (QED) is 0.525. The van der Waals surface area contributed by atoms with Crippen LogP contribution in [0.15, 0.2) is 54.6 Å². The van der Waals surface area contributed by atoms with Gasteiger partial charge in [-0.1, -0.05) is 42.5 Å². The van der Waals surface area contributed by atoms with Gasteiger partial charge in [0, 0.05) is 37.6 Å². The molecule has 2 aromatic carbocycles. The first-order chi connectivity index (χ1) is 15.7. The minimum atomic E-state index is -0.200. The summed E-state index contributed by atoms with van der Waals surface area (Å²) in [5.74, 6) is 2.02. The lowest BCUT2D eigenvalue weighted by molar-refractivity contribution is 0.248. The summed E-state index contributed by atoms with van der Waals surface area (Å²) in [7, 11) is 0. The molecule has 168 valence electrons. The minimum Gasteiger partial charge on any atom is -0.492 e. The largest absolute Gasteiger partial charge is 0.492 e. The van der Waals surface area contributed by atoms with E-state index in [1.54, 1.807) is 0 Å². The van der Waals surface area contributed by atoms with Gasteiger partial charge < -0.3 is 20.3 Å². The fourth-order valence-electron chi connectivity index (χ4n) is 3.81. The second-order valence-corrected chi connectivity index (χ2v) is 8.58. The number of nitrogens with one attached hydrogen (secondary N) is 2. The van der Waals surface area contributed by atoms with Gasteiger partial charge in [0.15, 0.2) is 0 Å². The van der Waals surface area contributed by atoms with Crippen molar-refractivity contribution in [1.29, 1.82) is 0 Å². The Morgan fingerprint density at radius 2 is 1.88 bits per heavy atom. The van der Waals surface area contributed by atoms with E-state index >= 15 is 0 Å². The van der Waals surface area contributed by atoms with Crippen LogP contribution in [0.5, 0.6) is 5.75 Å². The minimum absolute atomic E-state index is 0.200. The van der Waals surface area contributed by atoms with Crippen LogP contribution in [0.3, 0.4) is 0 Å². The molecule has 1 aromatic heterocycles. The number of hydrogen-bond donors (Lipinski definition) is 2. The average molecular weight is 452 g/mol. The van der Waals surface area contributed by atoms with Gasteiger partial charge in [-0.3, -0.25) is 0 Å². The van der Waals surface area contributed by atoms with Crippen LogP contribution in [0, 0.1) is 5.92 Å². The van der Waals surface area contributed by atoms with Gasteiger partial charge in [0.25, 0.3) is 0 Å². The summed E-state index contributed by atoms with van der Waals surface area (Å²) in [6.07, 6.45) is 2.80. The highest BCUT2D eigenvalue weighted by atomic mass is 32.1. The number of hydrogen-bond acceptors (Lipinski definition) is 6. The van der Waals surface area contributed by atoms with Crippen molar-refractivity contribution in [1.82, 2.24) is 14.7 Å². The second-order valence-electron chi connectivity index (χ2n) is 7.85. The van der Waals surface area contributed by atoms with Crippen molar-refractivity contribution < 1.29 is 9.53 Å². The molecule has 8 heteroatoms. The molecule has 0 radical (unpaired) electrons. The number of benzene rings is 2. The third-order valence-electron chi connectivity index (χ3n) is 5.53. The molecule has 4 rings (SSSR count). The Balaban J connectivity index is 1.21. The fraction of sp³-hybridized carbons (Fsp3) is 0.375. The van der Waals surface area contributed by atoms with Crippen molar-refractivity contribution in [3.63, 3.8) is 0 Å². The number of ether oxygens (including phenoxy) is 1. The first kappa shape index (κ1) is 22.1. The van der Waals surface area contributed by atoms with Gasteiger partial charge in [-0.05, 0) is 43.4 Å². The number of urea groups is 1. The number of piperidine rings is 1. The van der Waals surface area contributed by atoms with Crippen molar-refractivity contribution in [3.05, 3.63) is 66.0 Å². The first-order valence-corrected chi connectivity index (χ1v) is 11.9. The maximum absolute atomic E-state index is 12.3. The zero-order valence-corrected chi connectivity index (χ0v) is 19.1. The molecule has 0 spiro atoms. The molecule has 7 nitrogen and oxygen atoms in total. The number of nitrogens with zero attached hydrogens (tertiary/aromatic N) is 3. The predicted octanol–water partition coefficient (Wildman–Crippen LogP) is 4.57. The Hall–Kier alpha value is -3.13. The molecule has 2 amide bonds. The van der Waals surface area contributed by atoms with Crippen LogP contribution in [0.4, 0.5) is 15.6 Å². The topological polar surface area (TPSA) is 79.4 Å². The van der Waals surface area contributed by atoms with Crippen molar-refractivity contribution in [2.45, 2.75) is 26.2 Å². The molecule has 1 aliphatic rings. The second kappa shape index (κ2) is 10.9. The third-order valence-corrected chi connectivity index (χ3v) is 6.35. The van der Waals surface area contributed by atoms with E-state index in [9.17, 15) is 4.79 Å². The molecular formula is C24H29N5O2S. The van der Waals surface area contributed by atoms with Crippen LogP contribution in [0.25, 0.3) is 0 Å². The lowest BCUT2D eigenvalue weighted by Crippen LogP contribution is -2.39. The van der Waals surface area contributed by atoms with E-state index < -0.39 is 0 Å². The normalized spacial score (nSPS) is 14.2. The average Bonchev–Trinajstić information content (AvgIpc) is 3.29. The zero-order valence-electron chi connectivity index (χ0n) is 18.3. The smallest absolute Gasteiger partial charge is 0.319 e. The lowest BCUT2D eigenvalue weighted by atomic mass is 9.97. The number of para-hydroxylation sites is 2.